The molecule has 0 unspecified atom stereocenters. The van der Waals surface area contributed by atoms with Crippen molar-refractivity contribution in [3.8, 4) is 22.3 Å². The first kappa shape index (κ1) is 16.4. The third-order valence-electron chi connectivity index (χ3n) is 6.43. The minimum absolute atomic E-state index is 0.0306. The van der Waals surface area contributed by atoms with Gasteiger partial charge in [0.2, 0.25) is 0 Å². The van der Waals surface area contributed by atoms with Gasteiger partial charge in [0.05, 0.1) is 0 Å². The van der Waals surface area contributed by atoms with Crippen molar-refractivity contribution in [3.63, 3.8) is 0 Å². The third-order valence-corrected chi connectivity index (χ3v) is 6.43. The summed E-state index contributed by atoms with van der Waals surface area (Å²) in [6.45, 7) is 0. The summed E-state index contributed by atoms with van der Waals surface area (Å²) < 4.78 is 0. The first-order valence-corrected chi connectivity index (χ1v) is 10.0. The van der Waals surface area contributed by atoms with Crippen molar-refractivity contribution in [1.29, 1.82) is 0 Å². The van der Waals surface area contributed by atoms with E-state index in [1.54, 1.807) is 0 Å². The first-order valence-electron chi connectivity index (χ1n) is 10.0. The predicted octanol–water partition coefficient (Wildman–Crippen LogP) is 5.90. The van der Waals surface area contributed by atoms with Crippen molar-refractivity contribution < 1.29 is 9.59 Å². The molecule has 0 heterocycles. The standard InChI is InChI=1S/C27H18O2/c28-26-22-18-11-12-19(15-18)23(22)27(29)25-21(17-9-5-2-6-10-17)14-13-20(24(25)26)16-7-3-1-4-8-16/h1-14,18-19H,15H2/t18-,19-/m0/s1. The van der Waals surface area contributed by atoms with Crippen LogP contribution in [0.2, 0.25) is 0 Å². The summed E-state index contributed by atoms with van der Waals surface area (Å²) in [6.07, 6.45) is 5.06. The van der Waals surface area contributed by atoms with Crippen LogP contribution in [0, 0.1) is 11.8 Å². The molecule has 6 rings (SSSR count). The van der Waals surface area contributed by atoms with Gasteiger partial charge in [-0.05, 0) is 28.7 Å². The van der Waals surface area contributed by atoms with Gasteiger partial charge in [0.25, 0.3) is 0 Å². The molecule has 3 aliphatic rings. The molecule has 3 aromatic rings. The molecule has 0 N–H and O–H groups in total. The molecule has 2 nitrogen and oxygen atoms in total. The van der Waals surface area contributed by atoms with Crippen LogP contribution in [-0.2, 0) is 0 Å². The second kappa shape index (κ2) is 5.99. The summed E-state index contributed by atoms with van der Waals surface area (Å²) >= 11 is 0. The zero-order valence-corrected chi connectivity index (χ0v) is 15.8. The summed E-state index contributed by atoms with van der Waals surface area (Å²) in [5.74, 6) is 0.235. The zero-order valence-electron chi connectivity index (χ0n) is 15.8. The highest BCUT2D eigenvalue weighted by molar-refractivity contribution is 6.32. The molecule has 0 aliphatic heterocycles. The van der Waals surface area contributed by atoms with Crippen molar-refractivity contribution in [1.82, 2.24) is 0 Å². The van der Waals surface area contributed by atoms with E-state index in [0.717, 1.165) is 39.8 Å². The average molecular weight is 374 g/mol. The molecule has 2 atom stereocenters. The third kappa shape index (κ3) is 2.23. The lowest BCUT2D eigenvalue weighted by Crippen LogP contribution is -2.26. The number of benzene rings is 3. The minimum atomic E-state index is 0.0306. The van der Waals surface area contributed by atoms with Crippen LogP contribution in [0.3, 0.4) is 0 Å². The quantitative estimate of drug-likeness (QED) is 0.523. The Bertz CT molecular complexity index is 1150. The molecule has 2 heteroatoms. The Balaban J connectivity index is 1.67. The fourth-order valence-electron chi connectivity index (χ4n) is 5.17. The van der Waals surface area contributed by atoms with Crippen molar-refractivity contribution in [3.05, 3.63) is 107 Å². The topological polar surface area (TPSA) is 34.1 Å². The summed E-state index contributed by atoms with van der Waals surface area (Å²) in [6, 6.07) is 23.8. The molecule has 0 fully saturated rings. The van der Waals surface area contributed by atoms with E-state index < -0.39 is 0 Å². The van der Waals surface area contributed by atoms with Gasteiger partial charge in [0.1, 0.15) is 0 Å². The Hall–Kier alpha value is -3.52. The van der Waals surface area contributed by atoms with Crippen LogP contribution in [0.1, 0.15) is 27.1 Å². The molecular formula is C27H18O2. The monoisotopic (exact) mass is 374 g/mol. The first-order chi connectivity index (χ1) is 14.2. The number of carbonyl (C=O) groups is 2. The molecule has 0 saturated carbocycles. The molecular weight excluding hydrogens is 356 g/mol. The van der Waals surface area contributed by atoms with E-state index in [-0.39, 0.29) is 23.4 Å². The van der Waals surface area contributed by atoms with Crippen LogP contribution in [0.5, 0.6) is 0 Å². The lowest BCUT2D eigenvalue weighted by atomic mass is 9.74. The van der Waals surface area contributed by atoms with Gasteiger partial charge in [-0.15, -0.1) is 0 Å². The van der Waals surface area contributed by atoms with Crippen molar-refractivity contribution >= 4 is 11.6 Å². The maximum Gasteiger partial charge on any atom is 0.191 e. The number of hydrogen-bond acceptors (Lipinski definition) is 2. The average Bonchev–Trinajstić information content (AvgIpc) is 3.40. The number of rotatable bonds is 2. The summed E-state index contributed by atoms with van der Waals surface area (Å²) in [5, 5.41) is 0. The minimum Gasteiger partial charge on any atom is -0.289 e. The molecule has 0 aromatic heterocycles. The van der Waals surface area contributed by atoms with E-state index >= 15 is 0 Å². The van der Waals surface area contributed by atoms with E-state index in [9.17, 15) is 9.59 Å². The Morgan fingerprint density at radius 2 is 0.966 bits per heavy atom. The SMILES string of the molecule is O=C1C2=C(C(=O)c3c(-c4ccccc4)ccc(-c4ccccc4)c31)[C@H]1C=C[C@H]2C1. The Morgan fingerprint density at radius 1 is 0.552 bits per heavy atom. The van der Waals surface area contributed by atoms with Gasteiger partial charge >= 0.3 is 0 Å². The number of allylic oxidation sites excluding steroid dienone is 4. The molecule has 3 aliphatic carbocycles. The molecule has 0 amide bonds. The summed E-state index contributed by atoms with van der Waals surface area (Å²) in [7, 11) is 0. The fourth-order valence-corrected chi connectivity index (χ4v) is 5.17. The molecule has 0 spiro atoms. The van der Waals surface area contributed by atoms with E-state index in [4.69, 9.17) is 0 Å². The van der Waals surface area contributed by atoms with Crippen LogP contribution in [0.25, 0.3) is 22.3 Å². The van der Waals surface area contributed by atoms with Crippen LogP contribution in [-0.4, -0.2) is 11.6 Å². The van der Waals surface area contributed by atoms with Crippen LogP contribution < -0.4 is 0 Å². The largest absolute Gasteiger partial charge is 0.289 e. The van der Waals surface area contributed by atoms with Gasteiger partial charge < -0.3 is 0 Å². The number of carbonyl (C=O) groups excluding carboxylic acids is 2. The molecule has 0 radical (unpaired) electrons. The normalized spacial score (nSPS) is 21.5. The van der Waals surface area contributed by atoms with Gasteiger partial charge in [0.15, 0.2) is 11.6 Å². The van der Waals surface area contributed by atoms with Crippen molar-refractivity contribution in [2.45, 2.75) is 6.42 Å². The van der Waals surface area contributed by atoms with E-state index in [2.05, 4.69) is 12.2 Å². The second-order valence-electron chi connectivity index (χ2n) is 7.96. The predicted molar refractivity (Wildman–Crippen MR) is 114 cm³/mol. The Kier molecular flexibility index (Phi) is 3.39. The van der Waals surface area contributed by atoms with Crippen LogP contribution in [0.15, 0.2) is 96.1 Å². The van der Waals surface area contributed by atoms with Gasteiger partial charge in [-0.2, -0.15) is 0 Å². The fraction of sp³-hybridized carbons (Fsp3) is 0.111. The number of hydrogen-bond donors (Lipinski definition) is 0. The second-order valence-corrected chi connectivity index (χ2v) is 7.96. The number of Topliss-reactive ketones (excluding diaryl/α,β-unsaturated/α-hetero) is 2. The van der Waals surface area contributed by atoms with Gasteiger partial charge in [-0.3, -0.25) is 9.59 Å². The lowest BCUT2D eigenvalue weighted by Gasteiger charge is -2.26. The van der Waals surface area contributed by atoms with E-state index in [1.165, 1.54) is 0 Å². The highest BCUT2D eigenvalue weighted by atomic mass is 16.1. The van der Waals surface area contributed by atoms with Crippen LogP contribution in [0.4, 0.5) is 0 Å². The van der Waals surface area contributed by atoms with Gasteiger partial charge in [0, 0.05) is 34.1 Å². The van der Waals surface area contributed by atoms with Crippen LogP contribution >= 0.6 is 0 Å². The van der Waals surface area contributed by atoms with Gasteiger partial charge in [-0.1, -0.05) is 84.9 Å². The molecule has 138 valence electrons. The van der Waals surface area contributed by atoms with Gasteiger partial charge in [-0.25, -0.2) is 0 Å². The maximum absolute atomic E-state index is 13.8. The lowest BCUT2D eigenvalue weighted by molar-refractivity contribution is 0.0970. The van der Waals surface area contributed by atoms with Crippen molar-refractivity contribution in [2.75, 3.05) is 0 Å². The van der Waals surface area contributed by atoms with E-state index in [0.29, 0.717) is 11.1 Å². The number of fused-ring (bicyclic) bond motifs is 5. The summed E-state index contributed by atoms with van der Waals surface area (Å²) in [5.41, 5.74) is 6.23. The highest BCUT2D eigenvalue weighted by Gasteiger charge is 2.47. The number of ketones is 2. The molecule has 0 saturated heterocycles. The Morgan fingerprint density at radius 3 is 1.38 bits per heavy atom. The highest BCUT2D eigenvalue weighted by Crippen LogP contribution is 2.51. The molecule has 29 heavy (non-hydrogen) atoms. The summed E-state index contributed by atoms with van der Waals surface area (Å²) in [4.78, 5) is 27.5. The Labute approximate surface area is 169 Å². The smallest absolute Gasteiger partial charge is 0.191 e. The van der Waals surface area contributed by atoms with Crippen molar-refractivity contribution in [2.24, 2.45) is 11.8 Å². The maximum atomic E-state index is 13.8. The zero-order chi connectivity index (χ0) is 19.5. The molecule has 3 aromatic carbocycles. The van der Waals surface area contributed by atoms with E-state index in [1.807, 2.05) is 72.8 Å². The molecule has 2 bridgehead atoms.